The third-order valence-corrected chi connectivity index (χ3v) is 6.03. The standard InChI is InChI=1S/C22H18O2S2/c23-19(17-9-3-1-4-10-17)15-25-21-13-7-8-14-22(21)26-16-20(24)18-11-5-2-6-12-18/h1-14H,15-16H2. The highest BCUT2D eigenvalue weighted by Gasteiger charge is 2.11. The van der Waals surface area contributed by atoms with E-state index in [9.17, 15) is 9.59 Å². The van der Waals surface area contributed by atoms with Gasteiger partial charge in [-0.25, -0.2) is 0 Å². The van der Waals surface area contributed by atoms with Crippen LogP contribution in [-0.4, -0.2) is 23.1 Å². The van der Waals surface area contributed by atoms with Gasteiger partial charge in [0.15, 0.2) is 11.6 Å². The Hall–Kier alpha value is -2.30. The van der Waals surface area contributed by atoms with Gasteiger partial charge in [-0.2, -0.15) is 0 Å². The molecule has 0 atom stereocenters. The van der Waals surface area contributed by atoms with Crippen LogP contribution in [0.15, 0.2) is 94.7 Å². The highest BCUT2D eigenvalue weighted by molar-refractivity contribution is 8.03. The lowest BCUT2D eigenvalue weighted by Crippen LogP contribution is -2.03. The summed E-state index contributed by atoms with van der Waals surface area (Å²) in [7, 11) is 0. The summed E-state index contributed by atoms with van der Waals surface area (Å²) in [4.78, 5) is 26.7. The number of benzene rings is 3. The lowest BCUT2D eigenvalue weighted by molar-refractivity contribution is 0.101. The van der Waals surface area contributed by atoms with E-state index in [1.807, 2.05) is 84.9 Å². The molecule has 0 aliphatic carbocycles. The number of hydrogen-bond donors (Lipinski definition) is 0. The number of thioether (sulfide) groups is 2. The minimum absolute atomic E-state index is 0.107. The quantitative estimate of drug-likeness (QED) is 0.375. The first-order valence-corrected chi connectivity index (χ1v) is 10.2. The van der Waals surface area contributed by atoms with Crippen molar-refractivity contribution in [1.82, 2.24) is 0 Å². The average Bonchev–Trinajstić information content (AvgIpc) is 2.72. The van der Waals surface area contributed by atoms with Crippen molar-refractivity contribution in [2.24, 2.45) is 0 Å². The zero-order chi connectivity index (χ0) is 18.2. The van der Waals surface area contributed by atoms with Crippen LogP contribution in [0.4, 0.5) is 0 Å². The molecule has 3 aromatic rings. The predicted molar refractivity (Wildman–Crippen MR) is 109 cm³/mol. The molecule has 0 unspecified atom stereocenters. The minimum Gasteiger partial charge on any atom is -0.293 e. The average molecular weight is 379 g/mol. The van der Waals surface area contributed by atoms with E-state index in [0.717, 1.165) is 20.9 Å². The van der Waals surface area contributed by atoms with Crippen molar-refractivity contribution in [3.8, 4) is 0 Å². The van der Waals surface area contributed by atoms with E-state index in [2.05, 4.69) is 0 Å². The summed E-state index contributed by atoms with van der Waals surface area (Å²) in [6, 6.07) is 26.5. The third-order valence-electron chi connectivity index (χ3n) is 3.76. The van der Waals surface area contributed by atoms with E-state index in [4.69, 9.17) is 0 Å². The Balaban J connectivity index is 1.61. The fraction of sp³-hybridized carbons (Fsp3) is 0.0909. The van der Waals surface area contributed by atoms with Gasteiger partial charge in [0, 0.05) is 20.9 Å². The zero-order valence-corrected chi connectivity index (χ0v) is 15.8. The van der Waals surface area contributed by atoms with Crippen LogP contribution in [0.5, 0.6) is 0 Å². The van der Waals surface area contributed by atoms with Crippen molar-refractivity contribution in [3.05, 3.63) is 96.1 Å². The molecule has 26 heavy (non-hydrogen) atoms. The summed E-state index contributed by atoms with van der Waals surface area (Å²) in [6.45, 7) is 0. The predicted octanol–water partition coefficient (Wildman–Crippen LogP) is 5.64. The van der Waals surface area contributed by atoms with Gasteiger partial charge in [0.1, 0.15) is 0 Å². The van der Waals surface area contributed by atoms with E-state index in [1.165, 1.54) is 23.5 Å². The topological polar surface area (TPSA) is 34.1 Å². The van der Waals surface area contributed by atoms with Gasteiger partial charge in [-0.3, -0.25) is 9.59 Å². The van der Waals surface area contributed by atoms with Gasteiger partial charge in [-0.1, -0.05) is 72.8 Å². The molecule has 0 radical (unpaired) electrons. The molecule has 3 rings (SSSR count). The van der Waals surface area contributed by atoms with Gasteiger partial charge in [0.2, 0.25) is 0 Å². The molecule has 0 N–H and O–H groups in total. The van der Waals surface area contributed by atoms with Crippen LogP contribution in [-0.2, 0) is 0 Å². The molecule has 0 aromatic heterocycles. The Bertz CT molecular complexity index is 802. The Morgan fingerprint density at radius 3 is 1.27 bits per heavy atom. The highest BCUT2D eigenvalue weighted by Crippen LogP contribution is 2.31. The number of rotatable bonds is 8. The summed E-state index contributed by atoms with van der Waals surface area (Å²) < 4.78 is 0. The van der Waals surface area contributed by atoms with Crippen molar-refractivity contribution >= 4 is 35.1 Å². The molecule has 0 bridgehead atoms. The maximum absolute atomic E-state index is 12.3. The Labute approximate surface area is 162 Å². The Morgan fingerprint density at radius 1 is 0.538 bits per heavy atom. The summed E-state index contributed by atoms with van der Waals surface area (Å²) in [5, 5.41) is 0. The van der Waals surface area contributed by atoms with E-state index in [0.29, 0.717) is 11.5 Å². The van der Waals surface area contributed by atoms with E-state index < -0.39 is 0 Å². The van der Waals surface area contributed by atoms with E-state index in [-0.39, 0.29) is 11.6 Å². The molecule has 130 valence electrons. The Kier molecular flexibility index (Phi) is 6.69. The molecule has 0 aliphatic rings. The first-order chi connectivity index (χ1) is 12.7. The molecule has 4 heteroatoms. The van der Waals surface area contributed by atoms with Crippen LogP contribution < -0.4 is 0 Å². The minimum atomic E-state index is 0.107. The number of carbonyl (C=O) groups excluding carboxylic acids is 2. The SMILES string of the molecule is O=C(CSc1ccccc1SCC(=O)c1ccccc1)c1ccccc1. The van der Waals surface area contributed by atoms with Gasteiger partial charge in [0.05, 0.1) is 11.5 Å². The molecule has 0 saturated carbocycles. The largest absolute Gasteiger partial charge is 0.293 e. The number of carbonyl (C=O) groups is 2. The summed E-state index contributed by atoms with van der Waals surface area (Å²) in [5.74, 6) is 0.981. The number of Topliss-reactive ketones (excluding diaryl/α,β-unsaturated/α-hetero) is 2. The first kappa shape index (κ1) is 18.5. The molecule has 2 nitrogen and oxygen atoms in total. The lowest BCUT2D eigenvalue weighted by atomic mass is 10.2. The van der Waals surface area contributed by atoms with Crippen molar-refractivity contribution in [2.75, 3.05) is 11.5 Å². The van der Waals surface area contributed by atoms with Crippen molar-refractivity contribution in [1.29, 1.82) is 0 Å². The monoisotopic (exact) mass is 378 g/mol. The third kappa shape index (κ3) is 5.10. The van der Waals surface area contributed by atoms with Crippen LogP contribution in [0, 0.1) is 0 Å². The summed E-state index contributed by atoms with van der Waals surface area (Å²) >= 11 is 3.03. The molecule has 0 fully saturated rings. The molecular weight excluding hydrogens is 360 g/mol. The van der Waals surface area contributed by atoms with E-state index >= 15 is 0 Å². The number of hydrogen-bond acceptors (Lipinski definition) is 4. The second-order valence-corrected chi connectivity index (χ2v) is 7.64. The number of ketones is 2. The molecule has 0 heterocycles. The molecule has 0 amide bonds. The highest BCUT2D eigenvalue weighted by atomic mass is 32.2. The van der Waals surface area contributed by atoms with Crippen molar-refractivity contribution < 1.29 is 9.59 Å². The molecule has 3 aromatic carbocycles. The fourth-order valence-corrected chi connectivity index (χ4v) is 4.42. The second-order valence-electron chi connectivity index (χ2n) is 5.60. The van der Waals surface area contributed by atoms with Crippen LogP contribution >= 0.6 is 23.5 Å². The van der Waals surface area contributed by atoms with Crippen LogP contribution in [0.2, 0.25) is 0 Å². The lowest BCUT2D eigenvalue weighted by Gasteiger charge is -2.08. The van der Waals surface area contributed by atoms with Crippen LogP contribution in [0.25, 0.3) is 0 Å². The van der Waals surface area contributed by atoms with Crippen molar-refractivity contribution in [3.63, 3.8) is 0 Å². The van der Waals surface area contributed by atoms with Gasteiger partial charge in [-0.05, 0) is 12.1 Å². The maximum Gasteiger partial charge on any atom is 0.173 e. The van der Waals surface area contributed by atoms with Crippen molar-refractivity contribution in [2.45, 2.75) is 9.79 Å². The summed E-state index contributed by atoms with van der Waals surface area (Å²) in [5.41, 5.74) is 1.45. The van der Waals surface area contributed by atoms with Crippen LogP contribution in [0.1, 0.15) is 20.7 Å². The fourth-order valence-electron chi connectivity index (χ4n) is 2.39. The summed E-state index contributed by atoms with van der Waals surface area (Å²) in [6.07, 6.45) is 0. The Morgan fingerprint density at radius 2 is 0.885 bits per heavy atom. The normalized spacial score (nSPS) is 10.5. The smallest absolute Gasteiger partial charge is 0.173 e. The van der Waals surface area contributed by atoms with Gasteiger partial charge >= 0.3 is 0 Å². The second kappa shape index (κ2) is 9.41. The zero-order valence-electron chi connectivity index (χ0n) is 14.1. The van der Waals surface area contributed by atoms with Gasteiger partial charge in [0.25, 0.3) is 0 Å². The maximum atomic E-state index is 12.3. The molecule has 0 spiro atoms. The van der Waals surface area contributed by atoms with E-state index in [1.54, 1.807) is 0 Å². The molecule has 0 aliphatic heterocycles. The molecular formula is C22H18O2S2. The molecule has 0 saturated heterocycles. The first-order valence-electron chi connectivity index (χ1n) is 8.25. The van der Waals surface area contributed by atoms with Gasteiger partial charge in [-0.15, -0.1) is 23.5 Å². The van der Waals surface area contributed by atoms with Gasteiger partial charge < -0.3 is 0 Å². The van der Waals surface area contributed by atoms with Crippen LogP contribution in [0.3, 0.4) is 0 Å².